The van der Waals surface area contributed by atoms with Crippen molar-refractivity contribution in [2.24, 2.45) is 0 Å². The topological polar surface area (TPSA) is 20.3 Å². The first-order valence-corrected chi connectivity index (χ1v) is 4.47. The Bertz CT molecular complexity index is 140. The highest BCUT2D eigenvalue weighted by molar-refractivity contribution is 5.75. The Hall–Kier alpha value is -0.370. The zero-order valence-electron chi connectivity index (χ0n) is 7.47. The van der Waals surface area contributed by atoms with Gasteiger partial charge in [-0.05, 0) is 26.3 Å². The van der Waals surface area contributed by atoms with Crippen LogP contribution in [-0.2, 0) is 4.79 Å². The molecule has 2 heteroatoms. The van der Waals surface area contributed by atoms with Crippen molar-refractivity contribution in [3.8, 4) is 0 Å². The van der Waals surface area contributed by atoms with E-state index in [1.165, 1.54) is 12.8 Å². The first-order chi connectivity index (χ1) is 5.24. The zero-order chi connectivity index (χ0) is 8.27. The molecule has 0 aromatic rings. The highest BCUT2D eigenvalue weighted by Gasteiger charge is 2.27. The van der Waals surface area contributed by atoms with Crippen molar-refractivity contribution in [3.05, 3.63) is 0 Å². The van der Waals surface area contributed by atoms with E-state index in [2.05, 4.69) is 11.8 Å². The van der Waals surface area contributed by atoms with Crippen molar-refractivity contribution >= 4 is 5.78 Å². The third-order valence-electron chi connectivity index (χ3n) is 2.22. The molecule has 1 rings (SSSR count). The molecule has 1 aliphatic carbocycles. The van der Waals surface area contributed by atoms with Crippen molar-refractivity contribution in [1.82, 2.24) is 4.90 Å². The van der Waals surface area contributed by atoms with Crippen molar-refractivity contribution < 1.29 is 4.79 Å². The lowest BCUT2D eigenvalue weighted by molar-refractivity contribution is -0.117. The predicted molar refractivity (Wildman–Crippen MR) is 45.6 cm³/mol. The third-order valence-corrected chi connectivity index (χ3v) is 2.22. The molecule has 1 saturated carbocycles. The van der Waals surface area contributed by atoms with Crippen LogP contribution in [0.15, 0.2) is 0 Å². The summed E-state index contributed by atoms with van der Waals surface area (Å²) < 4.78 is 0. The number of hydrogen-bond donors (Lipinski definition) is 0. The first-order valence-electron chi connectivity index (χ1n) is 4.47. The minimum Gasteiger partial charge on any atom is -0.300 e. The van der Waals surface area contributed by atoms with Crippen LogP contribution >= 0.6 is 0 Å². The van der Waals surface area contributed by atoms with Gasteiger partial charge in [0.25, 0.3) is 0 Å². The van der Waals surface area contributed by atoms with Gasteiger partial charge in [0.15, 0.2) is 0 Å². The number of hydrogen-bond acceptors (Lipinski definition) is 2. The average Bonchev–Trinajstić information content (AvgIpc) is 2.72. The molecule has 0 bridgehead atoms. The van der Waals surface area contributed by atoms with Gasteiger partial charge >= 0.3 is 0 Å². The van der Waals surface area contributed by atoms with Crippen molar-refractivity contribution in [3.63, 3.8) is 0 Å². The molecule has 0 atom stereocenters. The van der Waals surface area contributed by atoms with Gasteiger partial charge in [0.05, 0.1) is 0 Å². The molecule has 2 nitrogen and oxygen atoms in total. The SMILES string of the molecule is CCN(CCC(C)=O)C1CC1. The Morgan fingerprint density at radius 3 is 2.55 bits per heavy atom. The smallest absolute Gasteiger partial charge is 0.131 e. The summed E-state index contributed by atoms with van der Waals surface area (Å²) >= 11 is 0. The fourth-order valence-corrected chi connectivity index (χ4v) is 1.34. The highest BCUT2D eigenvalue weighted by Crippen LogP contribution is 2.26. The number of carbonyl (C=O) groups excluding carboxylic acids is 1. The van der Waals surface area contributed by atoms with Gasteiger partial charge in [-0.3, -0.25) is 4.79 Å². The van der Waals surface area contributed by atoms with Crippen LogP contribution in [0.1, 0.15) is 33.1 Å². The summed E-state index contributed by atoms with van der Waals surface area (Å²) in [6.07, 6.45) is 3.40. The third kappa shape index (κ3) is 3.02. The Labute approximate surface area is 68.6 Å². The number of nitrogens with zero attached hydrogens (tertiary/aromatic N) is 1. The van der Waals surface area contributed by atoms with Crippen LogP contribution in [-0.4, -0.2) is 29.8 Å². The molecule has 11 heavy (non-hydrogen) atoms. The molecule has 0 aliphatic heterocycles. The normalized spacial score (nSPS) is 17.4. The van der Waals surface area contributed by atoms with Crippen LogP contribution < -0.4 is 0 Å². The molecule has 0 aromatic carbocycles. The second kappa shape index (κ2) is 3.86. The molecule has 0 heterocycles. The van der Waals surface area contributed by atoms with Gasteiger partial charge in [0.2, 0.25) is 0 Å². The maximum atomic E-state index is 10.7. The van der Waals surface area contributed by atoms with E-state index in [9.17, 15) is 4.79 Å². The maximum absolute atomic E-state index is 10.7. The summed E-state index contributed by atoms with van der Waals surface area (Å²) in [4.78, 5) is 13.1. The Morgan fingerprint density at radius 2 is 2.18 bits per heavy atom. The van der Waals surface area contributed by atoms with Crippen molar-refractivity contribution in [2.45, 2.75) is 39.2 Å². The Balaban J connectivity index is 2.15. The quantitative estimate of drug-likeness (QED) is 0.599. The van der Waals surface area contributed by atoms with E-state index in [4.69, 9.17) is 0 Å². The molecule has 0 radical (unpaired) electrons. The minimum atomic E-state index is 0.309. The van der Waals surface area contributed by atoms with Gasteiger partial charge in [-0.15, -0.1) is 0 Å². The van der Waals surface area contributed by atoms with Crippen molar-refractivity contribution in [2.75, 3.05) is 13.1 Å². The number of carbonyl (C=O) groups is 1. The maximum Gasteiger partial charge on any atom is 0.131 e. The van der Waals surface area contributed by atoms with Gasteiger partial charge < -0.3 is 4.90 Å². The average molecular weight is 155 g/mol. The lowest BCUT2D eigenvalue weighted by atomic mass is 10.3. The molecule has 0 amide bonds. The van der Waals surface area contributed by atoms with Gasteiger partial charge in [0.1, 0.15) is 5.78 Å². The molecular weight excluding hydrogens is 138 g/mol. The molecule has 0 aromatic heterocycles. The summed E-state index contributed by atoms with van der Waals surface area (Å²) in [5, 5.41) is 0. The van der Waals surface area contributed by atoms with Crippen LogP contribution in [0, 0.1) is 0 Å². The Kier molecular flexibility index (Phi) is 3.06. The lowest BCUT2D eigenvalue weighted by Crippen LogP contribution is -2.27. The summed E-state index contributed by atoms with van der Waals surface area (Å²) in [7, 11) is 0. The van der Waals surface area contributed by atoms with E-state index in [1.54, 1.807) is 6.92 Å². The van der Waals surface area contributed by atoms with Crippen LogP contribution in [0.3, 0.4) is 0 Å². The molecule has 1 aliphatic rings. The largest absolute Gasteiger partial charge is 0.300 e. The number of rotatable bonds is 5. The number of Topliss-reactive ketones (excluding diaryl/α,β-unsaturated/α-hetero) is 1. The van der Waals surface area contributed by atoms with E-state index < -0.39 is 0 Å². The van der Waals surface area contributed by atoms with Gasteiger partial charge in [-0.1, -0.05) is 6.92 Å². The molecule has 0 unspecified atom stereocenters. The second-order valence-electron chi connectivity index (χ2n) is 3.31. The van der Waals surface area contributed by atoms with E-state index >= 15 is 0 Å². The zero-order valence-corrected chi connectivity index (χ0v) is 7.47. The predicted octanol–water partition coefficient (Wildman–Crippen LogP) is 1.45. The second-order valence-corrected chi connectivity index (χ2v) is 3.31. The van der Waals surface area contributed by atoms with E-state index in [-0.39, 0.29) is 0 Å². The highest BCUT2D eigenvalue weighted by atomic mass is 16.1. The first kappa shape index (κ1) is 8.72. The standard InChI is InChI=1S/C9H17NO/c1-3-10(9-4-5-9)7-6-8(2)11/h9H,3-7H2,1-2H3. The van der Waals surface area contributed by atoms with Gasteiger partial charge in [-0.25, -0.2) is 0 Å². The fourth-order valence-electron chi connectivity index (χ4n) is 1.34. The van der Waals surface area contributed by atoms with Crippen molar-refractivity contribution in [1.29, 1.82) is 0 Å². The van der Waals surface area contributed by atoms with Crippen LogP contribution in [0.4, 0.5) is 0 Å². The summed E-state index contributed by atoms with van der Waals surface area (Å²) in [5.74, 6) is 0.309. The molecule has 0 saturated heterocycles. The number of ketones is 1. The minimum absolute atomic E-state index is 0.309. The lowest BCUT2D eigenvalue weighted by Gasteiger charge is -2.18. The van der Waals surface area contributed by atoms with Crippen LogP contribution in [0.2, 0.25) is 0 Å². The van der Waals surface area contributed by atoms with Crippen LogP contribution in [0.5, 0.6) is 0 Å². The van der Waals surface area contributed by atoms with Gasteiger partial charge in [-0.2, -0.15) is 0 Å². The van der Waals surface area contributed by atoms with Gasteiger partial charge in [0, 0.05) is 19.0 Å². The molecule has 64 valence electrons. The summed E-state index contributed by atoms with van der Waals surface area (Å²) in [6.45, 7) is 5.90. The Morgan fingerprint density at radius 1 is 1.55 bits per heavy atom. The molecular formula is C9H17NO. The summed E-state index contributed by atoms with van der Waals surface area (Å²) in [6, 6.07) is 0.805. The molecule has 0 spiro atoms. The van der Waals surface area contributed by atoms with Crippen LogP contribution in [0.25, 0.3) is 0 Å². The fraction of sp³-hybridized carbons (Fsp3) is 0.889. The molecule has 0 N–H and O–H groups in total. The monoisotopic (exact) mass is 155 g/mol. The van der Waals surface area contributed by atoms with E-state index in [0.29, 0.717) is 5.78 Å². The van der Waals surface area contributed by atoms with E-state index in [1.807, 2.05) is 0 Å². The summed E-state index contributed by atoms with van der Waals surface area (Å²) in [5.41, 5.74) is 0. The van der Waals surface area contributed by atoms with E-state index in [0.717, 1.165) is 25.6 Å². The molecule has 1 fully saturated rings.